The third-order valence-corrected chi connectivity index (χ3v) is 4.11. The Kier molecular flexibility index (Phi) is 3.34. The third-order valence-electron chi connectivity index (χ3n) is 4.11. The van der Waals surface area contributed by atoms with E-state index in [1.807, 2.05) is 12.1 Å². The number of rotatable bonds is 2. The van der Waals surface area contributed by atoms with Crippen LogP contribution in [0.15, 0.2) is 30.5 Å². The van der Waals surface area contributed by atoms with E-state index < -0.39 is 0 Å². The summed E-state index contributed by atoms with van der Waals surface area (Å²) in [6.45, 7) is 6.70. The van der Waals surface area contributed by atoms with Crippen molar-refractivity contribution < 1.29 is 9.13 Å². The third kappa shape index (κ3) is 2.36. The first-order chi connectivity index (χ1) is 9.61. The lowest BCUT2D eigenvalue weighted by Crippen LogP contribution is -2.49. The van der Waals surface area contributed by atoms with Crippen molar-refractivity contribution in [3.8, 4) is 0 Å². The van der Waals surface area contributed by atoms with Gasteiger partial charge in [0.05, 0.1) is 17.7 Å². The van der Waals surface area contributed by atoms with E-state index in [-0.39, 0.29) is 11.4 Å². The molecule has 1 saturated heterocycles. The van der Waals surface area contributed by atoms with Gasteiger partial charge < -0.3 is 9.64 Å². The Balaban J connectivity index is 2.01. The Morgan fingerprint density at radius 1 is 1.40 bits per heavy atom. The van der Waals surface area contributed by atoms with Crippen molar-refractivity contribution in [1.82, 2.24) is 4.98 Å². The minimum Gasteiger partial charge on any atom is -0.372 e. The summed E-state index contributed by atoms with van der Waals surface area (Å²) in [7, 11) is 0. The summed E-state index contributed by atoms with van der Waals surface area (Å²) in [4.78, 5) is 6.57. The van der Waals surface area contributed by atoms with E-state index in [0.717, 1.165) is 37.2 Å². The average Bonchev–Trinajstić information content (AvgIpc) is 2.46. The monoisotopic (exact) mass is 274 g/mol. The van der Waals surface area contributed by atoms with Crippen LogP contribution in [0.5, 0.6) is 0 Å². The van der Waals surface area contributed by atoms with Crippen molar-refractivity contribution in [3.63, 3.8) is 0 Å². The Bertz CT molecular complexity index is 631. The van der Waals surface area contributed by atoms with Crippen LogP contribution in [0.4, 0.5) is 10.1 Å². The molecule has 1 aromatic heterocycles. The number of ether oxygens (including phenoxy) is 1. The maximum Gasteiger partial charge on any atom is 0.125 e. The van der Waals surface area contributed by atoms with Gasteiger partial charge in [0.2, 0.25) is 0 Å². The van der Waals surface area contributed by atoms with Crippen molar-refractivity contribution in [2.24, 2.45) is 0 Å². The van der Waals surface area contributed by atoms with E-state index in [9.17, 15) is 4.39 Å². The Morgan fingerprint density at radius 2 is 2.25 bits per heavy atom. The second kappa shape index (κ2) is 5.02. The molecule has 20 heavy (non-hydrogen) atoms. The number of nitrogens with zero attached hydrogens (tertiary/aromatic N) is 2. The van der Waals surface area contributed by atoms with Crippen LogP contribution in [0.3, 0.4) is 0 Å². The van der Waals surface area contributed by atoms with E-state index in [1.165, 1.54) is 12.1 Å². The number of pyridine rings is 1. The molecule has 1 atom stereocenters. The first-order valence-corrected chi connectivity index (χ1v) is 7.04. The van der Waals surface area contributed by atoms with Crippen LogP contribution in [-0.2, 0) is 4.74 Å². The molecule has 1 aromatic carbocycles. The Hall–Kier alpha value is -1.68. The minimum absolute atomic E-state index is 0.117. The molecule has 0 spiro atoms. The second-order valence-electron chi connectivity index (χ2n) is 5.57. The second-order valence-corrected chi connectivity index (χ2v) is 5.57. The quantitative estimate of drug-likeness (QED) is 0.839. The molecule has 0 saturated carbocycles. The van der Waals surface area contributed by atoms with Crippen molar-refractivity contribution in [2.45, 2.75) is 25.9 Å². The van der Waals surface area contributed by atoms with Gasteiger partial charge in [-0.05, 0) is 31.5 Å². The average molecular weight is 274 g/mol. The van der Waals surface area contributed by atoms with Gasteiger partial charge in [0.25, 0.3) is 0 Å². The number of morpholine rings is 1. The van der Waals surface area contributed by atoms with Gasteiger partial charge in [-0.1, -0.05) is 6.92 Å². The maximum absolute atomic E-state index is 13.3. The number of fused-ring (bicyclic) bond motifs is 1. The summed E-state index contributed by atoms with van der Waals surface area (Å²) >= 11 is 0. The zero-order valence-corrected chi connectivity index (χ0v) is 11.9. The van der Waals surface area contributed by atoms with Crippen molar-refractivity contribution in [3.05, 3.63) is 36.3 Å². The summed E-state index contributed by atoms with van der Waals surface area (Å²) in [5.74, 6) is -0.248. The fraction of sp³-hybridized carbons (Fsp3) is 0.438. The SMILES string of the molecule is CCC1(C)CN(c2ccnc3cc(F)ccc23)CCO1. The molecule has 4 heteroatoms. The van der Waals surface area contributed by atoms with Crippen LogP contribution in [0.2, 0.25) is 0 Å². The van der Waals surface area contributed by atoms with Crippen LogP contribution >= 0.6 is 0 Å². The highest BCUT2D eigenvalue weighted by Gasteiger charge is 2.30. The normalized spacial score (nSPS) is 23.2. The van der Waals surface area contributed by atoms with E-state index in [4.69, 9.17) is 4.74 Å². The molecule has 1 aliphatic heterocycles. The summed E-state index contributed by atoms with van der Waals surface area (Å²) in [5.41, 5.74) is 1.69. The van der Waals surface area contributed by atoms with Crippen molar-refractivity contribution in [2.75, 3.05) is 24.6 Å². The van der Waals surface area contributed by atoms with E-state index in [0.29, 0.717) is 5.52 Å². The number of aromatic nitrogens is 1. The standard InChI is InChI=1S/C16H19FN2O/c1-3-16(2)11-19(8-9-20-16)15-6-7-18-14-10-12(17)4-5-13(14)15/h4-7,10H,3,8-9,11H2,1-2H3. The molecule has 0 N–H and O–H groups in total. The van der Waals surface area contributed by atoms with Gasteiger partial charge in [-0.3, -0.25) is 4.98 Å². The zero-order chi connectivity index (χ0) is 14.2. The van der Waals surface area contributed by atoms with Gasteiger partial charge in [-0.15, -0.1) is 0 Å². The van der Waals surface area contributed by atoms with Crippen molar-refractivity contribution in [1.29, 1.82) is 0 Å². The van der Waals surface area contributed by atoms with Crippen LogP contribution in [0, 0.1) is 5.82 Å². The number of hydrogen-bond acceptors (Lipinski definition) is 3. The van der Waals surface area contributed by atoms with Crippen LogP contribution in [0.25, 0.3) is 10.9 Å². The molecule has 2 heterocycles. The molecule has 1 unspecified atom stereocenters. The lowest BCUT2D eigenvalue weighted by molar-refractivity contribution is -0.0440. The molecular formula is C16H19FN2O. The van der Waals surface area contributed by atoms with Gasteiger partial charge in [0.1, 0.15) is 5.82 Å². The largest absolute Gasteiger partial charge is 0.372 e. The van der Waals surface area contributed by atoms with E-state index in [2.05, 4.69) is 23.7 Å². The molecule has 2 aromatic rings. The molecule has 3 rings (SSSR count). The molecule has 1 fully saturated rings. The van der Waals surface area contributed by atoms with Crippen LogP contribution in [0.1, 0.15) is 20.3 Å². The highest BCUT2D eigenvalue weighted by molar-refractivity contribution is 5.91. The predicted octanol–water partition coefficient (Wildman–Crippen LogP) is 3.38. The molecule has 106 valence electrons. The molecule has 1 aliphatic rings. The minimum atomic E-state index is -0.248. The lowest BCUT2D eigenvalue weighted by Gasteiger charge is -2.41. The van der Waals surface area contributed by atoms with Gasteiger partial charge in [-0.2, -0.15) is 0 Å². The summed E-state index contributed by atoms with van der Waals surface area (Å²) in [5, 5.41) is 0.995. The molecule has 0 amide bonds. The topological polar surface area (TPSA) is 25.4 Å². The fourth-order valence-electron chi connectivity index (χ4n) is 2.73. The molecule has 0 aliphatic carbocycles. The smallest absolute Gasteiger partial charge is 0.125 e. The first kappa shape index (κ1) is 13.3. The Morgan fingerprint density at radius 3 is 3.05 bits per heavy atom. The number of benzene rings is 1. The Labute approximate surface area is 118 Å². The van der Waals surface area contributed by atoms with Gasteiger partial charge in [-0.25, -0.2) is 4.39 Å². The van der Waals surface area contributed by atoms with Gasteiger partial charge in [0.15, 0.2) is 0 Å². The molecular weight excluding hydrogens is 255 g/mol. The lowest BCUT2D eigenvalue weighted by atomic mass is 10.00. The number of hydrogen-bond donors (Lipinski definition) is 0. The summed E-state index contributed by atoms with van der Waals surface area (Å²) in [6, 6.07) is 6.79. The molecule has 0 radical (unpaired) electrons. The maximum atomic E-state index is 13.3. The number of halogens is 1. The van der Waals surface area contributed by atoms with E-state index in [1.54, 1.807) is 6.20 Å². The zero-order valence-electron chi connectivity index (χ0n) is 11.9. The first-order valence-electron chi connectivity index (χ1n) is 7.04. The van der Waals surface area contributed by atoms with Gasteiger partial charge >= 0.3 is 0 Å². The highest BCUT2D eigenvalue weighted by Crippen LogP contribution is 2.30. The summed E-state index contributed by atoms with van der Waals surface area (Å²) in [6.07, 6.45) is 2.72. The predicted molar refractivity (Wildman–Crippen MR) is 78.6 cm³/mol. The summed E-state index contributed by atoms with van der Waals surface area (Å²) < 4.78 is 19.2. The molecule has 0 bridgehead atoms. The van der Waals surface area contributed by atoms with Crippen LogP contribution < -0.4 is 4.90 Å². The number of anilines is 1. The fourth-order valence-corrected chi connectivity index (χ4v) is 2.73. The van der Waals surface area contributed by atoms with Crippen molar-refractivity contribution >= 4 is 16.6 Å². The van der Waals surface area contributed by atoms with Gasteiger partial charge in [0, 0.05) is 36.4 Å². The van der Waals surface area contributed by atoms with Crippen LogP contribution in [-0.4, -0.2) is 30.3 Å². The molecule has 3 nitrogen and oxygen atoms in total. The highest BCUT2D eigenvalue weighted by atomic mass is 19.1. The van der Waals surface area contributed by atoms with E-state index >= 15 is 0 Å².